The lowest BCUT2D eigenvalue weighted by Gasteiger charge is -2.37. The Morgan fingerprint density at radius 2 is 2.06 bits per heavy atom. The molecule has 32 heavy (non-hydrogen) atoms. The van der Waals surface area contributed by atoms with Crippen LogP contribution in [0, 0.1) is 18.6 Å². The molecule has 164 valence electrons. The van der Waals surface area contributed by atoms with Crippen LogP contribution in [0.15, 0.2) is 40.5 Å². The molecule has 0 radical (unpaired) electrons. The highest BCUT2D eigenvalue weighted by Gasteiger charge is 2.38. The van der Waals surface area contributed by atoms with Crippen LogP contribution in [-0.2, 0) is 7.05 Å². The van der Waals surface area contributed by atoms with Gasteiger partial charge >= 0.3 is 0 Å². The number of carbonyl (C=O) groups is 1. The number of aryl methyl sites for hydroxylation is 1. The first-order valence-corrected chi connectivity index (χ1v) is 10.9. The molecule has 0 aromatic carbocycles. The van der Waals surface area contributed by atoms with Gasteiger partial charge in [0, 0.05) is 47.8 Å². The molecule has 0 spiro atoms. The summed E-state index contributed by atoms with van der Waals surface area (Å²) < 4.78 is 34.3. The van der Waals surface area contributed by atoms with Crippen molar-refractivity contribution in [2.24, 2.45) is 7.05 Å². The summed E-state index contributed by atoms with van der Waals surface area (Å²) in [6.45, 7) is 4.42. The Bertz CT molecular complexity index is 1330. The number of hydrogen-bond donors (Lipinski definition) is 0. The number of aromatic nitrogens is 4. The summed E-state index contributed by atoms with van der Waals surface area (Å²) in [4.78, 5) is 20.1. The molecule has 2 atom stereocenters. The highest BCUT2D eigenvalue weighted by atomic mass is 32.1. The molecule has 2 unspecified atom stereocenters. The van der Waals surface area contributed by atoms with Gasteiger partial charge in [-0.2, -0.15) is 5.10 Å². The van der Waals surface area contributed by atoms with Crippen molar-refractivity contribution in [2.75, 3.05) is 6.54 Å². The SMILES string of the molecule is Cc1c(C2CN(C(=O)c3cc(-c4ncc(F)cc4F)no3)C(C)c3ccsc32)cnn1C. The largest absolute Gasteiger partial charge is 0.350 e. The smallest absolute Gasteiger partial charge is 0.293 e. The minimum absolute atomic E-state index is 0.0162. The van der Waals surface area contributed by atoms with E-state index in [-0.39, 0.29) is 35.0 Å². The second kappa shape index (κ2) is 7.63. The molecule has 1 aliphatic rings. The minimum Gasteiger partial charge on any atom is -0.350 e. The standard InChI is InChI=1S/C22H19F2N5O2S/c1-11-15(9-26-28(11)3)16-10-29(12(2)14-4-5-32-21(14)16)22(30)19-7-18(27-31-19)20-17(24)6-13(23)8-25-20/h4-9,12,16H,10H2,1-3H3. The molecule has 0 saturated carbocycles. The molecule has 0 saturated heterocycles. The number of hydrogen-bond acceptors (Lipinski definition) is 6. The minimum atomic E-state index is -0.876. The normalized spacial score (nSPS) is 18.1. The van der Waals surface area contributed by atoms with Gasteiger partial charge in [-0.05, 0) is 30.9 Å². The molecule has 10 heteroatoms. The number of fused-ring (bicyclic) bond motifs is 1. The Morgan fingerprint density at radius 1 is 1.25 bits per heavy atom. The van der Waals surface area contributed by atoms with Crippen molar-refractivity contribution in [2.45, 2.75) is 25.8 Å². The number of carbonyl (C=O) groups excluding carboxylic acids is 1. The Morgan fingerprint density at radius 3 is 2.78 bits per heavy atom. The van der Waals surface area contributed by atoms with E-state index in [1.807, 2.05) is 43.2 Å². The molecule has 5 heterocycles. The second-order valence-corrected chi connectivity index (χ2v) is 8.74. The third kappa shape index (κ3) is 3.22. The van der Waals surface area contributed by atoms with E-state index in [1.54, 1.807) is 16.2 Å². The van der Waals surface area contributed by atoms with Crippen LogP contribution in [0.2, 0.25) is 0 Å². The molecule has 0 N–H and O–H groups in total. The number of rotatable bonds is 3. The summed E-state index contributed by atoms with van der Waals surface area (Å²) in [7, 11) is 1.89. The van der Waals surface area contributed by atoms with Gasteiger partial charge in [-0.15, -0.1) is 11.3 Å². The second-order valence-electron chi connectivity index (χ2n) is 7.80. The zero-order valence-corrected chi connectivity index (χ0v) is 18.4. The molecule has 4 aromatic heterocycles. The van der Waals surface area contributed by atoms with Crippen molar-refractivity contribution in [1.29, 1.82) is 0 Å². The molecule has 7 nitrogen and oxygen atoms in total. The van der Waals surface area contributed by atoms with E-state index < -0.39 is 11.6 Å². The van der Waals surface area contributed by atoms with Gasteiger partial charge in [0.1, 0.15) is 17.2 Å². The Labute approximate surface area is 186 Å². The molecule has 4 aromatic rings. The first kappa shape index (κ1) is 20.5. The van der Waals surface area contributed by atoms with E-state index in [9.17, 15) is 13.6 Å². The van der Waals surface area contributed by atoms with Crippen molar-refractivity contribution in [3.05, 3.63) is 75.1 Å². The third-order valence-corrected chi connectivity index (χ3v) is 7.07. The first-order chi connectivity index (χ1) is 15.3. The summed E-state index contributed by atoms with van der Waals surface area (Å²) in [6.07, 6.45) is 2.73. The van der Waals surface area contributed by atoms with Crippen LogP contribution in [0.25, 0.3) is 11.4 Å². The molecule has 5 rings (SSSR count). The fourth-order valence-electron chi connectivity index (χ4n) is 4.15. The maximum Gasteiger partial charge on any atom is 0.293 e. The van der Waals surface area contributed by atoms with Gasteiger partial charge in [-0.1, -0.05) is 5.16 Å². The topological polar surface area (TPSA) is 77.1 Å². The van der Waals surface area contributed by atoms with Gasteiger partial charge < -0.3 is 9.42 Å². The lowest BCUT2D eigenvalue weighted by molar-refractivity contribution is 0.0624. The summed E-state index contributed by atoms with van der Waals surface area (Å²) in [5, 5.41) is 10.2. The summed E-state index contributed by atoms with van der Waals surface area (Å²) in [5.74, 6) is -2.08. The number of amides is 1. The molecular formula is C22H19F2N5O2S. The van der Waals surface area contributed by atoms with Gasteiger partial charge in [-0.3, -0.25) is 9.48 Å². The van der Waals surface area contributed by atoms with Crippen molar-refractivity contribution >= 4 is 17.2 Å². The molecular weight excluding hydrogens is 436 g/mol. The summed E-state index contributed by atoms with van der Waals surface area (Å²) in [6, 6.07) is 3.91. The molecule has 0 fully saturated rings. The number of nitrogens with zero attached hydrogens (tertiary/aromatic N) is 5. The summed E-state index contributed by atoms with van der Waals surface area (Å²) >= 11 is 1.67. The van der Waals surface area contributed by atoms with Crippen LogP contribution < -0.4 is 0 Å². The Kier molecular flexibility index (Phi) is 4.89. The van der Waals surface area contributed by atoms with Crippen LogP contribution in [0.1, 0.15) is 51.1 Å². The average molecular weight is 455 g/mol. The van der Waals surface area contributed by atoms with Crippen LogP contribution in [0.3, 0.4) is 0 Å². The quantitative estimate of drug-likeness (QED) is 0.456. The number of pyridine rings is 1. The van der Waals surface area contributed by atoms with E-state index in [2.05, 4.69) is 15.2 Å². The van der Waals surface area contributed by atoms with Crippen molar-refractivity contribution in [3.63, 3.8) is 0 Å². The highest BCUT2D eigenvalue weighted by molar-refractivity contribution is 7.10. The lowest BCUT2D eigenvalue weighted by Crippen LogP contribution is -2.40. The summed E-state index contributed by atoms with van der Waals surface area (Å²) in [5.41, 5.74) is 3.04. The fourth-order valence-corrected chi connectivity index (χ4v) is 5.25. The Hall–Kier alpha value is -3.40. The molecule has 1 amide bonds. The number of thiophene rings is 1. The zero-order chi connectivity index (χ0) is 22.6. The monoisotopic (exact) mass is 455 g/mol. The first-order valence-electron chi connectivity index (χ1n) is 10.00. The van der Waals surface area contributed by atoms with Crippen molar-refractivity contribution < 1.29 is 18.1 Å². The van der Waals surface area contributed by atoms with E-state index in [0.717, 1.165) is 23.0 Å². The maximum atomic E-state index is 14.1. The number of halogens is 2. The molecule has 0 aliphatic carbocycles. The molecule has 1 aliphatic heterocycles. The van der Waals surface area contributed by atoms with Gasteiger partial charge in [-0.25, -0.2) is 13.8 Å². The third-order valence-electron chi connectivity index (χ3n) is 6.02. The maximum absolute atomic E-state index is 14.1. The van der Waals surface area contributed by atoms with Gasteiger partial charge in [0.15, 0.2) is 5.82 Å². The zero-order valence-electron chi connectivity index (χ0n) is 17.5. The van der Waals surface area contributed by atoms with Crippen LogP contribution in [-0.4, -0.2) is 37.3 Å². The van der Waals surface area contributed by atoms with Gasteiger partial charge in [0.05, 0.1) is 18.4 Å². The predicted octanol–water partition coefficient (Wildman–Crippen LogP) is 4.47. The van der Waals surface area contributed by atoms with Gasteiger partial charge in [0.2, 0.25) is 5.76 Å². The van der Waals surface area contributed by atoms with Crippen molar-refractivity contribution in [1.82, 2.24) is 24.8 Å². The van der Waals surface area contributed by atoms with E-state index >= 15 is 0 Å². The molecule has 0 bridgehead atoms. The van der Waals surface area contributed by atoms with E-state index in [0.29, 0.717) is 12.6 Å². The van der Waals surface area contributed by atoms with E-state index in [1.165, 1.54) is 10.9 Å². The average Bonchev–Trinajstić information content (AvgIpc) is 3.50. The van der Waals surface area contributed by atoms with Crippen molar-refractivity contribution in [3.8, 4) is 11.4 Å². The van der Waals surface area contributed by atoms with Crippen LogP contribution in [0.4, 0.5) is 8.78 Å². The Balaban J connectivity index is 1.49. The van der Waals surface area contributed by atoms with Gasteiger partial charge in [0.25, 0.3) is 5.91 Å². The lowest BCUT2D eigenvalue weighted by atomic mass is 9.88. The predicted molar refractivity (Wildman–Crippen MR) is 113 cm³/mol. The van der Waals surface area contributed by atoms with Crippen LogP contribution >= 0.6 is 11.3 Å². The van der Waals surface area contributed by atoms with E-state index in [4.69, 9.17) is 4.52 Å². The fraction of sp³-hybridized carbons (Fsp3) is 0.273. The highest BCUT2D eigenvalue weighted by Crippen LogP contribution is 2.43. The van der Waals surface area contributed by atoms with Crippen LogP contribution in [0.5, 0.6) is 0 Å².